The van der Waals surface area contributed by atoms with Crippen molar-refractivity contribution < 1.29 is 13.2 Å². The molecule has 5 nitrogen and oxygen atoms in total. The Morgan fingerprint density at radius 3 is 2.42 bits per heavy atom. The van der Waals surface area contributed by atoms with E-state index < -0.39 is 10.0 Å². The highest BCUT2D eigenvalue weighted by molar-refractivity contribution is 7.88. The van der Waals surface area contributed by atoms with Crippen molar-refractivity contribution in [3.8, 4) is 0 Å². The molecule has 0 aromatic heterocycles. The predicted octanol–water partition coefficient (Wildman–Crippen LogP) is 2.04. The number of hydrogen-bond donors (Lipinski definition) is 1. The minimum absolute atomic E-state index is 0.0645. The monoisotopic (exact) mass is 352 g/mol. The first-order chi connectivity index (χ1) is 11.4. The summed E-state index contributed by atoms with van der Waals surface area (Å²) in [6.45, 7) is 3.71. The average Bonchev–Trinajstić information content (AvgIpc) is 2.58. The maximum atomic E-state index is 12.3. The molecular formula is C18H28N2O3S. The van der Waals surface area contributed by atoms with Crippen LogP contribution in [0.4, 0.5) is 0 Å². The van der Waals surface area contributed by atoms with E-state index in [1.807, 2.05) is 18.2 Å². The Hall–Kier alpha value is -1.40. The van der Waals surface area contributed by atoms with Crippen LogP contribution in [0, 0.1) is 11.8 Å². The molecule has 1 unspecified atom stereocenters. The van der Waals surface area contributed by atoms with Crippen molar-refractivity contribution >= 4 is 15.9 Å². The molecule has 1 amide bonds. The number of nitrogens with one attached hydrogen (secondary N) is 1. The summed E-state index contributed by atoms with van der Waals surface area (Å²) in [6, 6.07) is 10.3. The number of piperidine rings is 1. The Morgan fingerprint density at radius 2 is 1.88 bits per heavy atom. The normalized spacial score (nSPS) is 18.2. The minimum atomic E-state index is -3.14. The number of carbonyl (C=O) groups is 1. The molecule has 1 aliphatic heterocycles. The molecule has 1 aliphatic rings. The largest absolute Gasteiger partial charge is 0.356 e. The maximum Gasteiger partial charge on any atom is 0.223 e. The van der Waals surface area contributed by atoms with E-state index in [4.69, 9.17) is 0 Å². The number of nitrogens with zero attached hydrogens (tertiary/aromatic N) is 1. The lowest BCUT2D eigenvalue weighted by Gasteiger charge is -2.29. The molecule has 24 heavy (non-hydrogen) atoms. The van der Waals surface area contributed by atoms with E-state index in [1.165, 1.54) is 16.1 Å². The van der Waals surface area contributed by atoms with Crippen LogP contribution in [0.1, 0.15) is 31.7 Å². The molecule has 0 aliphatic carbocycles. The van der Waals surface area contributed by atoms with Gasteiger partial charge < -0.3 is 5.32 Å². The topological polar surface area (TPSA) is 66.5 Å². The summed E-state index contributed by atoms with van der Waals surface area (Å²) in [5, 5.41) is 3.07. The molecule has 0 saturated carbocycles. The Balaban J connectivity index is 1.78. The summed E-state index contributed by atoms with van der Waals surface area (Å²) in [7, 11) is -3.14. The van der Waals surface area contributed by atoms with Gasteiger partial charge in [0.2, 0.25) is 15.9 Å². The van der Waals surface area contributed by atoms with Crippen molar-refractivity contribution in [1.82, 2.24) is 9.62 Å². The number of benzene rings is 1. The highest BCUT2D eigenvalue weighted by atomic mass is 32.2. The van der Waals surface area contributed by atoms with Gasteiger partial charge in [-0.05, 0) is 30.7 Å². The van der Waals surface area contributed by atoms with Crippen molar-refractivity contribution in [3.05, 3.63) is 35.9 Å². The van der Waals surface area contributed by atoms with Gasteiger partial charge in [0, 0.05) is 25.6 Å². The zero-order chi connectivity index (χ0) is 17.6. The van der Waals surface area contributed by atoms with Gasteiger partial charge in [0.15, 0.2) is 0 Å². The third-order valence-corrected chi connectivity index (χ3v) is 6.11. The predicted molar refractivity (Wildman–Crippen MR) is 96.1 cm³/mol. The summed E-state index contributed by atoms with van der Waals surface area (Å²) in [5.41, 5.74) is 1.29. The number of hydrogen-bond acceptors (Lipinski definition) is 3. The lowest BCUT2D eigenvalue weighted by Crippen LogP contribution is -2.43. The van der Waals surface area contributed by atoms with E-state index >= 15 is 0 Å². The van der Waals surface area contributed by atoms with Crippen LogP contribution < -0.4 is 5.32 Å². The molecule has 0 bridgehead atoms. The number of amides is 1. The fourth-order valence-electron chi connectivity index (χ4n) is 3.15. The number of rotatable bonds is 7. The fourth-order valence-corrected chi connectivity index (χ4v) is 4.02. The zero-order valence-corrected chi connectivity index (χ0v) is 15.4. The quantitative estimate of drug-likeness (QED) is 0.817. The molecule has 2 rings (SSSR count). The second-order valence-electron chi connectivity index (χ2n) is 6.65. The molecule has 0 radical (unpaired) electrons. The van der Waals surface area contributed by atoms with Crippen LogP contribution in [0.2, 0.25) is 0 Å². The summed E-state index contributed by atoms with van der Waals surface area (Å²) in [4.78, 5) is 12.3. The average molecular weight is 353 g/mol. The highest BCUT2D eigenvalue weighted by Crippen LogP contribution is 2.19. The lowest BCUT2D eigenvalue weighted by molar-refractivity contribution is -0.126. The van der Waals surface area contributed by atoms with Crippen LogP contribution in [0.3, 0.4) is 0 Å². The van der Waals surface area contributed by atoms with Crippen LogP contribution in [-0.2, 0) is 21.2 Å². The first-order valence-electron chi connectivity index (χ1n) is 8.67. The Bertz CT molecular complexity index is 623. The highest BCUT2D eigenvalue weighted by Gasteiger charge is 2.28. The van der Waals surface area contributed by atoms with Crippen molar-refractivity contribution in [1.29, 1.82) is 0 Å². The van der Waals surface area contributed by atoms with Gasteiger partial charge in [-0.15, -0.1) is 0 Å². The summed E-state index contributed by atoms with van der Waals surface area (Å²) >= 11 is 0. The fraction of sp³-hybridized carbons (Fsp3) is 0.611. The van der Waals surface area contributed by atoms with E-state index in [-0.39, 0.29) is 11.8 Å². The first-order valence-corrected chi connectivity index (χ1v) is 10.5. The van der Waals surface area contributed by atoms with Gasteiger partial charge in [-0.25, -0.2) is 12.7 Å². The molecular weight excluding hydrogens is 324 g/mol. The number of carbonyl (C=O) groups excluding carboxylic acids is 1. The van der Waals surface area contributed by atoms with Crippen LogP contribution in [0.5, 0.6) is 0 Å². The number of sulfonamides is 1. The summed E-state index contributed by atoms with van der Waals surface area (Å²) < 4.78 is 24.5. The maximum absolute atomic E-state index is 12.3. The van der Waals surface area contributed by atoms with E-state index in [1.54, 1.807) is 0 Å². The smallest absolute Gasteiger partial charge is 0.223 e. The molecule has 1 atom stereocenters. The van der Waals surface area contributed by atoms with Crippen LogP contribution in [0.15, 0.2) is 30.3 Å². The minimum Gasteiger partial charge on any atom is -0.356 e. The molecule has 1 heterocycles. The zero-order valence-electron chi connectivity index (χ0n) is 14.6. The molecule has 0 spiro atoms. The van der Waals surface area contributed by atoms with Crippen molar-refractivity contribution in [2.45, 2.75) is 32.6 Å². The van der Waals surface area contributed by atoms with E-state index in [0.29, 0.717) is 38.4 Å². The summed E-state index contributed by atoms with van der Waals surface area (Å²) in [5.74, 6) is 0.416. The van der Waals surface area contributed by atoms with Crippen molar-refractivity contribution in [2.24, 2.45) is 11.8 Å². The molecule has 1 fully saturated rings. The van der Waals surface area contributed by atoms with Gasteiger partial charge in [-0.3, -0.25) is 4.79 Å². The second kappa shape index (κ2) is 8.62. The van der Waals surface area contributed by atoms with E-state index in [2.05, 4.69) is 24.4 Å². The third kappa shape index (κ3) is 5.60. The summed E-state index contributed by atoms with van der Waals surface area (Å²) in [6.07, 6.45) is 4.41. The molecule has 1 N–H and O–H groups in total. The van der Waals surface area contributed by atoms with Crippen molar-refractivity contribution in [3.63, 3.8) is 0 Å². The second-order valence-corrected chi connectivity index (χ2v) is 8.63. The molecule has 1 aromatic rings. The SMILES string of the molecule is CCC(CNC(=O)C1CCN(S(C)(=O)=O)CC1)Cc1ccccc1. The van der Waals surface area contributed by atoms with Crippen molar-refractivity contribution in [2.75, 3.05) is 25.9 Å². The molecule has 1 saturated heterocycles. The van der Waals surface area contributed by atoms with E-state index in [0.717, 1.165) is 12.8 Å². The van der Waals surface area contributed by atoms with Crippen LogP contribution in [-0.4, -0.2) is 44.5 Å². The van der Waals surface area contributed by atoms with Gasteiger partial charge in [-0.2, -0.15) is 0 Å². The Labute approximate surface area is 145 Å². The first kappa shape index (κ1) is 18.9. The Kier molecular flexibility index (Phi) is 6.80. The molecule has 6 heteroatoms. The molecule has 1 aromatic carbocycles. The van der Waals surface area contributed by atoms with Gasteiger partial charge in [0.25, 0.3) is 0 Å². The molecule has 134 valence electrons. The third-order valence-electron chi connectivity index (χ3n) is 4.80. The Morgan fingerprint density at radius 1 is 1.25 bits per heavy atom. The van der Waals surface area contributed by atoms with Crippen LogP contribution >= 0.6 is 0 Å². The van der Waals surface area contributed by atoms with E-state index in [9.17, 15) is 13.2 Å². The van der Waals surface area contributed by atoms with Gasteiger partial charge in [0.1, 0.15) is 0 Å². The van der Waals surface area contributed by atoms with Gasteiger partial charge in [0.05, 0.1) is 6.26 Å². The lowest BCUT2D eigenvalue weighted by atomic mass is 9.95. The van der Waals surface area contributed by atoms with Gasteiger partial charge in [-0.1, -0.05) is 43.7 Å². The van der Waals surface area contributed by atoms with Gasteiger partial charge >= 0.3 is 0 Å². The van der Waals surface area contributed by atoms with Crippen LogP contribution in [0.25, 0.3) is 0 Å². The standard InChI is InChI=1S/C18H28N2O3S/c1-3-15(13-16-7-5-4-6-8-16)14-19-18(21)17-9-11-20(12-10-17)24(2,22)23/h4-8,15,17H,3,9-14H2,1-2H3,(H,19,21).